The van der Waals surface area contributed by atoms with E-state index in [4.69, 9.17) is 5.11 Å². The second-order valence-electron chi connectivity index (χ2n) is 5.20. The van der Waals surface area contributed by atoms with E-state index in [0.29, 0.717) is 13.1 Å². The lowest BCUT2D eigenvalue weighted by Crippen LogP contribution is -2.38. The fraction of sp³-hybridized carbons (Fsp3) is 0.833. The molecule has 5 nitrogen and oxygen atoms in total. The van der Waals surface area contributed by atoms with Crippen LogP contribution < -0.4 is 0 Å². The molecule has 2 fully saturated rings. The summed E-state index contributed by atoms with van der Waals surface area (Å²) in [6, 6.07) is 0. The topological polar surface area (TPSA) is 60.9 Å². The first-order valence-corrected chi connectivity index (χ1v) is 6.31. The predicted octanol–water partition coefficient (Wildman–Crippen LogP) is 0.261. The van der Waals surface area contributed by atoms with E-state index in [-0.39, 0.29) is 17.7 Å². The van der Waals surface area contributed by atoms with Gasteiger partial charge in [-0.05, 0) is 18.8 Å². The van der Waals surface area contributed by atoms with E-state index in [2.05, 4.69) is 0 Å². The van der Waals surface area contributed by atoms with Gasteiger partial charge < -0.3 is 10.0 Å². The van der Waals surface area contributed by atoms with Gasteiger partial charge in [0.25, 0.3) is 0 Å². The van der Waals surface area contributed by atoms with E-state index in [9.17, 15) is 9.59 Å². The minimum absolute atomic E-state index is 0.138. The summed E-state index contributed by atoms with van der Waals surface area (Å²) in [7, 11) is 0. The number of hydrogen-bond donors (Lipinski definition) is 1. The Morgan fingerprint density at radius 2 is 1.88 bits per heavy atom. The molecule has 0 saturated carbocycles. The number of carboxylic acids is 1. The standard InChI is InChI=1S/C12H20N2O3/c1-9-6-13(7-10(9)12(16)17)8-11(15)14-4-2-3-5-14/h9-10H,2-8H2,1H3,(H,16,17). The smallest absolute Gasteiger partial charge is 0.308 e. The molecule has 2 aliphatic heterocycles. The van der Waals surface area contributed by atoms with E-state index < -0.39 is 5.97 Å². The Labute approximate surface area is 101 Å². The third-order valence-corrected chi connectivity index (χ3v) is 3.82. The van der Waals surface area contributed by atoms with Gasteiger partial charge in [0.05, 0.1) is 12.5 Å². The summed E-state index contributed by atoms with van der Waals surface area (Å²) in [5.74, 6) is -0.769. The van der Waals surface area contributed by atoms with E-state index in [1.807, 2.05) is 16.7 Å². The second kappa shape index (κ2) is 5.04. The second-order valence-corrected chi connectivity index (χ2v) is 5.20. The van der Waals surface area contributed by atoms with Gasteiger partial charge in [0, 0.05) is 26.2 Å². The lowest BCUT2D eigenvalue weighted by Gasteiger charge is -2.20. The Hall–Kier alpha value is -1.10. The van der Waals surface area contributed by atoms with Crippen molar-refractivity contribution in [1.82, 2.24) is 9.80 Å². The van der Waals surface area contributed by atoms with Gasteiger partial charge in [-0.1, -0.05) is 6.92 Å². The zero-order chi connectivity index (χ0) is 12.4. The number of hydrogen-bond acceptors (Lipinski definition) is 3. The van der Waals surface area contributed by atoms with Gasteiger partial charge in [-0.25, -0.2) is 0 Å². The Bertz CT molecular complexity index is 313. The first kappa shape index (κ1) is 12.4. The molecule has 0 radical (unpaired) electrons. The van der Waals surface area contributed by atoms with E-state index in [1.54, 1.807) is 0 Å². The molecule has 2 aliphatic rings. The number of aliphatic carboxylic acids is 1. The van der Waals surface area contributed by atoms with Gasteiger partial charge in [0.15, 0.2) is 0 Å². The summed E-state index contributed by atoms with van der Waals surface area (Å²) in [4.78, 5) is 26.8. The first-order valence-electron chi connectivity index (χ1n) is 6.31. The SMILES string of the molecule is CC1CN(CC(=O)N2CCCC2)CC1C(=O)O. The number of nitrogens with zero attached hydrogens (tertiary/aromatic N) is 2. The molecule has 2 rings (SSSR count). The fourth-order valence-electron chi connectivity index (χ4n) is 2.78. The summed E-state index contributed by atoms with van der Waals surface area (Å²) in [6.07, 6.45) is 2.19. The summed E-state index contributed by atoms with van der Waals surface area (Å²) in [5.41, 5.74) is 0. The largest absolute Gasteiger partial charge is 0.481 e. The van der Waals surface area contributed by atoms with Crippen molar-refractivity contribution in [3.8, 4) is 0 Å². The van der Waals surface area contributed by atoms with E-state index >= 15 is 0 Å². The van der Waals surface area contributed by atoms with E-state index in [0.717, 1.165) is 32.5 Å². The first-order chi connectivity index (χ1) is 8.08. The molecule has 17 heavy (non-hydrogen) atoms. The predicted molar refractivity (Wildman–Crippen MR) is 62.5 cm³/mol. The van der Waals surface area contributed by atoms with Gasteiger partial charge in [0.2, 0.25) is 5.91 Å². The summed E-state index contributed by atoms with van der Waals surface area (Å²) >= 11 is 0. The Morgan fingerprint density at radius 3 is 2.41 bits per heavy atom. The molecule has 0 aromatic heterocycles. The third kappa shape index (κ3) is 2.77. The molecule has 0 aliphatic carbocycles. The molecule has 0 bridgehead atoms. The molecule has 2 heterocycles. The molecule has 0 spiro atoms. The van der Waals surface area contributed by atoms with Crippen molar-refractivity contribution < 1.29 is 14.7 Å². The highest BCUT2D eigenvalue weighted by atomic mass is 16.4. The molecule has 96 valence electrons. The van der Waals surface area contributed by atoms with Crippen LogP contribution >= 0.6 is 0 Å². The van der Waals surface area contributed by atoms with Crippen molar-refractivity contribution in [2.45, 2.75) is 19.8 Å². The van der Waals surface area contributed by atoms with Crippen LogP contribution in [-0.4, -0.2) is 59.5 Å². The van der Waals surface area contributed by atoms with Gasteiger partial charge in [-0.3, -0.25) is 14.5 Å². The third-order valence-electron chi connectivity index (χ3n) is 3.82. The minimum Gasteiger partial charge on any atom is -0.481 e. The van der Waals surface area contributed by atoms with Gasteiger partial charge in [0.1, 0.15) is 0 Å². The van der Waals surface area contributed by atoms with Crippen molar-refractivity contribution in [3.63, 3.8) is 0 Å². The van der Waals surface area contributed by atoms with Gasteiger partial charge in [-0.15, -0.1) is 0 Å². The Kier molecular flexibility index (Phi) is 3.66. The number of carboxylic acid groups (broad SMARTS) is 1. The maximum absolute atomic E-state index is 11.9. The van der Waals surface area contributed by atoms with Crippen molar-refractivity contribution in [2.24, 2.45) is 11.8 Å². The zero-order valence-electron chi connectivity index (χ0n) is 10.3. The fourth-order valence-corrected chi connectivity index (χ4v) is 2.78. The quantitative estimate of drug-likeness (QED) is 0.769. The average molecular weight is 240 g/mol. The van der Waals surface area contributed by atoms with Crippen molar-refractivity contribution in [3.05, 3.63) is 0 Å². The highest BCUT2D eigenvalue weighted by Crippen LogP contribution is 2.23. The number of carbonyl (C=O) groups excluding carboxylic acids is 1. The number of rotatable bonds is 3. The maximum atomic E-state index is 11.9. The maximum Gasteiger partial charge on any atom is 0.308 e. The minimum atomic E-state index is -0.742. The lowest BCUT2D eigenvalue weighted by atomic mass is 9.99. The summed E-state index contributed by atoms with van der Waals surface area (Å²) < 4.78 is 0. The summed E-state index contributed by atoms with van der Waals surface area (Å²) in [6.45, 7) is 5.29. The average Bonchev–Trinajstić information content (AvgIpc) is 2.86. The molecule has 5 heteroatoms. The Morgan fingerprint density at radius 1 is 1.24 bits per heavy atom. The van der Waals surface area contributed by atoms with Gasteiger partial charge >= 0.3 is 5.97 Å². The van der Waals surface area contributed by atoms with Crippen LogP contribution in [0.4, 0.5) is 0 Å². The lowest BCUT2D eigenvalue weighted by molar-refractivity contribution is -0.142. The van der Waals surface area contributed by atoms with Crippen LogP contribution in [0.15, 0.2) is 0 Å². The molecule has 2 unspecified atom stereocenters. The molecule has 2 saturated heterocycles. The molecule has 1 amide bonds. The summed E-state index contributed by atoms with van der Waals surface area (Å²) in [5, 5.41) is 9.03. The van der Waals surface area contributed by atoms with Crippen molar-refractivity contribution in [2.75, 3.05) is 32.7 Å². The highest BCUT2D eigenvalue weighted by molar-refractivity contribution is 5.79. The Balaban J connectivity index is 1.84. The molecule has 0 aromatic rings. The van der Waals surface area contributed by atoms with Crippen LogP contribution in [0.5, 0.6) is 0 Å². The van der Waals surface area contributed by atoms with Gasteiger partial charge in [-0.2, -0.15) is 0 Å². The zero-order valence-corrected chi connectivity index (χ0v) is 10.3. The number of amides is 1. The molecular weight excluding hydrogens is 220 g/mol. The van der Waals surface area contributed by atoms with Crippen LogP contribution in [0.2, 0.25) is 0 Å². The molecule has 2 atom stereocenters. The van der Waals surface area contributed by atoms with Crippen LogP contribution in [0.1, 0.15) is 19.8 Å². The number of carbonyl (C=O) groups is 2. The molecule has 0 aromatic carbocycles. The van der Waals surface area contributed by atoms with Crippen LogP contribution in [0.3, 0.4) is 0 Å². The monoisotopic (exact) mass is 240 g/mol. The highest BCUT2D eigenvalue weighted by Gasteiger charge is 2.35. The van der Waals surface area contributed by atoms with Crippen molar-refractivity contribution in [1.29, 1.82) is 0 Å². The molecule has 1 N–H and O–H groups in total. The normalized spacial score (nSPS) is 29.8. The molecular formula is C12H20N2O3. The van der Waals surface area contributed by atoms with Crippen LogP contribution in [0.25, 0.3) is 0 Å². The van der Waals surface area contributed by atoms with Crippen LogP contribution in [-0.2, 0) is 9.59 Å². The number of likely N-dealkylation sites (tertiary alicyclic amines) is 2. The van der Waals surface area contributed by atoms with Crippen LogP contribution in [0, 0.1) is 11.8 Å². The van der Waals surface area contributed by atoms with Crippen molar-refractivity contribution >= 4 is 11.9 Å². The van der Waals surface area contributed by atoms with E-state index in [1.165, 1.54) is 0 Å².